The van der Waals surface area contributed by atoms with Crippen LogP contribution >= 0.6 is 0 Å². The normalized spacial score (nSPS) is 13.4. The van der Waals surface area contributed by atoms with Crippen LogP contribution in [0.4, 0.5) is 13.6 Å². The van der Waals surface area contributed by atoms with Gasteiger partial charge in [0.2, 0.25) is 0 Å². The molecule has 5 nitrogen and oxygen atoms in total. The molecule has 2 amide bonds. The molecule has 0 spiro atoms. The highest BCUT2D eigenvalue weighted by Crippen LogP contribution is 2.21. The van der Waals surface area contributed by atoms with E-state index in [2.05, 4.69) is 10.6 Å². The van der Waals surface area contributed by atoms with Crippen LogP contribution in [0.3, 0.4) is 0 Å². The number of hydrogen-bond acceptors (Lipinski definition) is 3. The van der Waals surface area contributed by atoms with Crippen molar-refractivity contribution >= 4 is 6.03 Å². The Morgan fingerprint density at radius 3 is 2.46 bits per heavy atom. The summed E-state index contributed by atoms with van der Waals surface area (Å²) in [6.45, 7) is 3.45. The summed E-state index contributed by atoms with van der Waals surface area (Å²) in [5, 5.41) is 15.4. The number of aliphatic hydroxyl groups is 1. The third kappa shape index (κ3) is 5.06. The molecule has 0 radical (unpaired) electrons. The van der Waals surface area contributed by atoms with Crippen LogP contribution in [0.5, 0.6) is 0 Å². The number of aryl methyl sites for hydroxylation is 1. The van der Waals surface area contributed by atoms with Gasteiger partial charge in [-0.05, 0) is 50.1 Å². The van der Waals surface area contributed by atoms with Gasteiger partial charge >= 0.3 is 6.03 Å². The molecule has 1 aromatic heterocycles. The maximum absolute atomic E-state index is 13.1. The van der Waals surface area contributed by atoms with Crippen molar-refractivity contribution in [3.8, 4) is 0 Å². The summed E-state index contributed by atoms with van der Waals surface area (Å²) in [6, 6.07) is 6.10. The van der Waals surface area contributed by atoms with Crippen LogP contribution in [0.25, 0.3) is 0 Å². The maximum Gasteiger partial charge on any atom is 0.314 e. The molecule has 0 aliphatic rings. The van der Waals surface area contributed by atoms with Gasteiger partial charge in [-0.2, -0.15) is 0 Å². The number of carbonyl (C=O) groups excluding carboxylic acids is 1. The predicted octanol–water partition coefficient (Wildman–Crippen LogP) is 2.62. The second-order valence-corrected chi connectivity index (χ2v) is 5.82. The number of urea groups is 1. The van der Waals surface area contributed by atoms with Gasteiger partial charge in [-0.3, -0.25) is 0 Å². The first-order valence-corrected chi connectivity index (χ1v) is 7.52. The van der Waals surface area contributed by atoms with Crippen LogP contribution in [-0.4, -0.2) is 24.2 Å². The molecular weight excluding hydrogens is 318 g/mol. The number of furan rings is 1. The molecule has 2 rings (SSSR count). The van der Waals surface area contributed by atoms with Crippen molar-refractivity contribution in [2.45, 2.75) is 25.9 Å². The molecule has 2 aromatic rings. The van der Waals surface area contributed by atoms with Gasteiger partial charge in [0, 0.05) is 12.6 Å². The molecule has 0 bridgehead atoms. The highest BCUT2D eigenvalue weighted by molar-refractivity contribution is 5.73. The van der Waals surface area contributed by atoms with Gasteiger partial charge in [0.1, 0.15) is 28.8 Å². The molecule has 24 heavy (non-hydrogen) atoms. The van der Waals surface area contributed by atoms with E-state index in [4.69, 9.17) is 4.42 Å². The largest absolute Gasteiger partial charge is 0.463 e. The molecule has 1 heterocycles. The fourth-order valence-electron chi connectivity index (χ4n) is 2.20. The molecule has 0 aliphatic carbocycles. The summed E-state index contributed by atoms with van der Waals surface area (Å²) in [6.07, 6.45) is 0.288. The van der Waals surface area contributed by atoms with Gasteiger partial charge in [0.15, 0.2) is 0 Å². The first-order chi connectivity index (χ1) is 11.3. The Bertz CT molecular complexity index is 693. The van der Waals surface area contributed by atoms with E-state index < -0.39 is 23.3 Å². The zero-order valence-electron chi connectivity index (χ0n) is 13.5. The van der Waals surface area contributed by atoms with Crippen LogP contribution in [0, 0.1) is 18.6 Å². The number of benzene rings is 1. The Morgan fingerprint density at radius 2 is 1.88 bits per heavy atom. The lowest BCUT2D eigenvalue weighted by molar-refractivity contribution is 0.0360. The summed E-state index contributed by atoms with van der Waals surface area (Å²) in [5.41, 5.74) is -0.886. The summed E-state index contributed by atoms with van der Waals surface area (Å²) >= 11 is 0. The van der Waals surface area contributed by atoms with E-state index in [0.29, 0.717) is 17.1 Å². The van der Waals surface area contributed by atoms with Crippen LogP contribution in [0.15, 0.2) is 34.7 Å². The molecule has 130 valence electrons. The number of carbonyl (C=O) groups is 1. The van der Waals surface area contributed by atoms with E-state index in [0.717, 1.165) is 6.07 Å². The summed E-state index contributed by atoms with van der Waals surface area (Å²) in [5.74, 6) is -0.286. The van der Waals surface area contributed by atoms with Crippen molar-refractivity contribution in [2.75, 3.05) is 13.1 Å². The Hall–Kier alpha value is -2.41. The minimum absolute atomic E-state index is 0.0413. The Labute approximate surface area is 138 Å². The highest BCUT2D eigenvalue weighted by atomic mass is 19.1. The van der Waals surface area contributed by atoms with Crippen molar-refractivity contribution < 1.29 is 23.1 Å². The van der Waals surface area contributed by atoms with Crippen molar-refractivity contribution in [3.63, 3.8) is 0 Å². The Balaban J connectivity index is 1.77. The van der Waals surface area contributed by atoms with Gasteiger partial charge in [-0.15, -0.1) is 0 Å². The van der Waals surface area contributed by atoms with E-state index >= 15 is 0 Å². The molecule has 0 aliphatic heterocycles. The summed E-state index contributed by atoms with van der Waals surface area (Å²) in [7, 11) is 0. The third-order valence-electron chi connectivity index (χ3n) is 3.49. The first-order valence-electron chi connectivity index (χ1n) is 7.52. The van der Waals surface area contributed by atoms with Crippen LogP contribution < -0.4 is 10.6 Å². The van der Waals surface area contributed by atoms with E-state index in [1.807, 2.05) is 0 Å². The second-order valence-electron chi connectivity index (χ2n) is 5.82. The van der Waals surface area contributed by atoms with Crippen molar-refractivity contribution in [3.05, 3.63) is 59.1 Å². The van der Waals surface area contributed by atoms with Crippen LogP contribution in [0.1, 0.15) is 24.0 Å². The Morgan fingerprint density at radius 1 is 1.21 bits per heavy atom. The molecule has 0 fully saturated rings. The lowest BCUT2D eigenvalue weighted by atomic mass is 10.0. The lowest BCUT2D eigenvalue weighted by Gasteiger charge is -2.21. The third-order valence-corrected chi connectivity index (χ3v) is 3.49. The summed E-state index contributed by atoms with van der Waals surface area (Å²) < 4.78 is 31.5. The average Bonchev–Trinajstić information content (AvgIpc) is 2.92. The Kier molecular flexibility index (Phi) is 5.56. The number of rotatable bonds is 6. The first kappa shape index (κ1) is 17.9. The zero-order chi connectivity index (χ0) is 17.7. The SMILES string of the molecule is Cc1ccc(C(C)(O)CNC(=O)NCCc2cc(F)cc(F)c2)o1. The van der Waals surface area contributed by atoms with Gasteiger partial charge in [-0.1, -0.05) is 0 Å². The molecule has 1 atom stereocenters. The molecule has 1 unspecified atom stereocenters. The number of amides is 2. The van der Waals surface area contributed by atoms with Gasteiger partial charge in [0.05, 0.1) is 6.54 Å². The molecule has 1 aromatic carbocycles. The fourth-order valence-corrected chi connectivity index (χ4v) is 2.20. The van der Waals surface area contributed by atoms with Crippen molar-refractivity contribution in [1.82, 2.24) is 10.6 Å². The smallest absolute Gasteiger partial charge is 0.314 e. The quantitative estimate of drug-likeness (QED) is 0.758. The monoisotopic (exact) mass is 338 g/mol. The van der Waals surface area contributed by atoms with Gasteiger partial charge in [0.25, 0.3) is 0 Å². The van der Waals surface area contributed by atoms with Gasteiger partial charge < -0.3 is 20.2 Å². The summed E-state index contributed by atoms with van der Waals surface area (Å²) in [4.78, 5) is 11.7. The predicted molar refractivity (Wildman–Crippen MR) is 84.5 cm³/mol. The van der Waals surface area contributed by atoms with Crippen molar-refractivity contribution in [2.24, 2.45) is 0 Å². The number of halogens is 2. The fraction of sp³-hybridized carbons (Fsp3) is 0.353. The minimum atomic E-state index is -1.34. The van der Waals surface area contributed by atoms with Crippen LogP contribution in [-0.2, 0) is 12.0 Å². The molecule has 0 saturated heterocycles. The van der Waals surface area contributed by atoms with E-state index in [1.165, 1.54) is 19.1 Å². The highest BCUT2D eigenvalue weighted by Gasteiger charge is 2.27. The van der Waals surface area contributed by atoms with Gasteiger partial charge in [-0.25, -0.2) is 13.6 Å². The lowest BCUT2D eigenvalue weighted by Crippen LogP contribution is -2.43. The van der Waals surface area contributed by atoms with E-state index in [1.54, 1.807) is 19.1 Å². The van der Waals surface area contributed by atoms with Crippen LogP contribution in [0.2, 0.25) is 0 Å². The zero-order valence-corrected chi connectivity index (χ0v) is 13.5. The number of nitrogens with one attached hydrogen (secondary N) is 2. The number of hydrogen-bond donors (Lipinski definition) is 3. The maximum atomic E-state index is 13.1. The van der Waals surface area contributed by atoms with Crippen molar-refractivity contribution in [1.29, 1.82) is 0 Å². The van der Waals surface area contributed by atoms with E-state index in [-0.39, 0.29) is 19.5 Å². The molecular formula is C17H20F2N2O3. The second kappa shape index (κ2) is 7.44. The van der Waals surface area contributed by atoms with E-state index in [9.17, 15) is 18.7 Å². The molecule has 7 heteroatoms. The topological polar surface area (TPSA) is 74.5 Å². The molecule has 0 saturated carbocycles. The minimum Gasteiger partial charge on any atom is -0.463 e. The standard InChI is InChI=1S/C17H20F2N2O3/c1-11-3-4-15(24-11)17(2,23)10-21-16(22)20-6-5-12-7-13(18)9-14(19)8-12/h3-4,7-9,23H,5-6,10H2,1-2H3,(H2,20,21,22). The molecule has 3 N–H and O–H groups in total. The average molecular weight is 338 g/mol.